The van der Waals surface area contributed by atoms with E-state index in [1.54, 1.807) is 21.6 Å². The van der Waals surface area contributed by atoms with Crippen LogP contribution in [-0.4, -0.2) is 44.6 Å². The van der Waals surface area contributed by atoms with Crippen LogP contribution in [0, 0.1) is 11.8 Å². The van der Waals surface area contributed by atoms with E-state index < -0.39 is 0 Å². The molecule has 0 aliphatic heterocycles. The van der Waals surface area contributed by atoms with Crippen LogP contribution in [0.15, 0.2) is 0 Å². The van der Waals surface area contributed by atoms with E-state index in [-0.39, 0.29) is 0 Å². The first-order chi connectivity index (χ1) is 9.31. The number of hydrogen-bond donors (Lipinski definition) is 0. The van der Waals surface area contributed by atoms with Gasteiger partial charge in [0.25, 0.3) is 0 Å². The van der Waals surface area contributed by atoms with Gasteiger partial charge in [0.15, 0.2) is 0 Å². The maximum atomic E-state index is 5.51. The molecular formula is C14H28N2S4. The molecule has 0 bridgehead atoms. The molecule has 0 aromatic rings. The number of thiocarbonyl (C=S) groups is 2. The normalized spacial score (nSPS) is 11.0. The Kier molecular flexibility index (Phi) is 11.4. The van der Waals surface area contributed by atoms with Crippen molar-refractivity contribution >= 4 is 54.7 Å². The Labute approximate surface area is 143 Å². The predicted molar refractivity (Wildman–Crippen MR) is 105 cm³/mol. The van der Waals surface area contributed by atoms with Crippen LogP contribution >= 0.6 is 46.0 Å². The maximum absolute atomic E-state index is 5.51. The van der Waals surface area contributed by atoms with E-state index in [0.29, 0.717) is 11.8 Å². The van der Waals surface area contributed by atoms with Crippen LogP contribution in [0.2, 0.25) is 0 Å². The van der Waals surface area contributed by atoms with Crippen LogP contribution in [0.1, 0.15) is 41.5 Å². The molecule has 0 saturated carbocycles. The maximum Gasteiger partial charge on any atom is 0.147 e. The molecule has 0 aliphatic rings. The van der Waals surface area contributed by atoms with Gasteiger partial charge < -0.3 is 9.80 Å². The van der Waals surface area contributed by atoms with Crippen LogP contribution in [0.25, 0.3) is 0 Å². The highest BCUT2D eigenvalue weighted by atomic mass is 33.1. The lowest BCUT2D eigenvalue weighted by molar-refractivity contribution is 0.392. The molecule has 0 heterocycles. The van der Waals surface area contributed by atoms with Gasteiger partial charge in [-0.1, -0.05) is 52.1 Å². The van der Waals surface area contributed by atoms with E-state index in [2.05, 4.69) is 51.3 Å². The molecule has 2 nitrogen and oxygen atoms in total. The van der Waals surface area contributed by atoms with Crippen LogP contribution in [0.4, 0.5) is 0 Å². The molecule has 0 spiro atoms. The second kappa shape index (κ2) is 11.1. The Morgan fingerprint density at radius 1 is 0.800 bits per heavy atom. The van der Waals surface area contributed by atoms with Gasteiger partial charge >= 0.3 is 0 Å². The van der Waals surface area contributed by atoms with Crippen molar-refractivity contribution in [3.63, 3.8) is 0 Å². The molecule has 0 fully saturated rings. The third-order valence-corrected chi connectivity index (χ3v) is 6.37. The van der Waals surface area contributed by atoms with Crippen molar-refractivity contribution in [1.29, 1.82) is 0 Å². The molecule has 0 amide bonds. The first-order valence-corrected chi connectivity index (χ1v) is 10.2. The van der Waals surface area contributed by atoms with Gasteiger partial charge in [-0.15, -0.1) is 0 Å². The second-order valence-electron chi connectivity index (χ2n) is 5.56. The average molecular weight is 353 g/mol. The zero-order valence-electron chi connectivity index (χ0n) is 13.5. The van der Waals surface area contributed by atoms with Gasteiger partial charge in [0.05, 0.1) is 0 Å². The molecule has 118 valence electrons. The first kappa shape index (κ1) is 20.5. The van der Waals surface area contributed by atoms with Crippen molar-refractivity contribution in [2.24, 2.45) is 11.8 Å². The number of hydrogen-bond acceptors (Lipinski definition) is 4. The van der Waals surface area contributed by atoms with E-state index >= 15 is 0 Å². The Hall–Kier alpha value is 0.480. The molecule has 0 atom stereocenters. The van der Waals surface area contributed by atoms with Crippen molar-refractivity contribution in [3.05, 3.63) is 0 Å². The summed E-state index contributed by atoms with van der Waals surface area (Å²) in [5.74, 6) is 1.25. The van der Waals surface area contributed by atoms with Crippen molar-refractivity contribution in [2.75, 3.05) is 26.2 Å². The summed E-state index contributed by atoms with van der Waals surface area (Å²) in [6.07, 6.45) is 0. The zero-order chi connectivity index (χ0) is 15.7. The topological polar surface area (TPSA) is 6.48 Å². The Morgan fingerprint density at radius 3 is 1.30 bits per heavy atom. The minimum atomic E-state index is 0.624. The van der Waals surface area contributed by atoms with Gasteiger partial charge in [0.2, 0.25) is 0 Å². The molecule has 0 rings (SSSR count). The summed E-state index contributed by atoms with van der Waals surface area (Å²) in [7, 11) is 3.24. The highest BCUT2D eigenvalue weighted by Gasteiger charge is 2.15. The average Bonchev–Trinajstić information content (AvgIpc) is 2.38. The van der Waals surface area contributed by atoms with Crippen molar-refractivity contribution in [2.45, 2.75) is 41.5 Å². The first-order valence-electron chi connectivity index (χ1n) is 7.24. The van der Waals surface area contributed by atoms with E-state index in [0.717, 1.165) is 34.8 Å². The highest BCUT2D eigenvalue weighted by molar-refractivity contribution is 8.89. The molecule has 6 heteroatoms. The largest absolute Gasteiger partial charge is 0.357 e. The molecule has 0 N–H and O–H groups in total. The van der Waals surface area contributed by atoms with Gasteiger partial charge in [-0.2, -0.15) is 0 Å². The fraction of sp³-hybridized carbons (Fsp3) is 0.857. The lowest BCUT2D eigenvalue weighted by Crippen LogP contribution is -2.32. The van der Waals surface area contributed by atoms with Gasteiger partial charge in [0, 0.05) is 26.2 Å². The molecular weight excluding hydrogens is 324 g/mol. The molecule has 0 aromatic carbocycles. The summed E-state index contributed by atoms with van der Waals surface area (Å²) in [5.41, 5.74) is 0. The number of nitrogens with zero attached hydrogens (tertiary/aromatic N) is 2. The smallest absolute Gasteiger partial charge is 0.147 e. The van der Waals surface area contributed by atoms with E-state index in [4.69, 9.17) is 24.4 Å². The third-order valence-electron chi connectivity index (χ3n) is 2.64. The standard InChI is InChI=1S/C14H28N2S4/c1-7-15(9-11(3)4)13(17)19-20-14(18)16(8-2)10-12(5)6/h11-12H,7-10H2,1-6H3. The van der Waals surface area contributed by atoms with Crippen LogP contribution in [0.3, 0.4) is 0 Å². The SMILES string of the molecule is CCN(CC(C)C)C(=S)SSC(=S)N(CC)CC(C)C. The molecule has 0 aromatic heterocycles. The van der Waals surface area contributed by atoms with Crippen LogP contribution in [0.5, 0.6) is 0 Å². The number of rotatable bonds is 6. The van der Waals surface area contributed by atoms with E-state index in [9.17, 15) is 0 Å². The monoisotopic (exact) mass is 352 g/mol. The summed E-state index contributed by atoms with van der Waals surface area (Å²) in [4.78, 5) is 4.50. The van der Waals surface area contributed by atoms with Gasteiger partial charge in [-0.3, -0.25) is 0 Å². The minimum absolute atomic E-state index is 0.624. The Morgan fingerprint density at radius 2 is 1.10 bits per heavy atom. The van der Waals surface area contributed by atoms with Gasteiger partial charge in [-0.05, 0) is 47.3 Å². The predicted octanol–water partition coefficient (Wildman–Crippen LogP) is 4.89. The summed E-state index contributed by atoms with van der Waals surface area (Å²) >= 11 is 11.0. The van der Waals surface area contributed by atoms with Crippen molar-refractivity contribution < 1.29 is 0 Å². The van der Waals surface area contributed by atoms with Crippen LogP contribution in [-0.2, 0) is 0 Å². The lowest BCUT2D eigenvalue weighted by Gasteiger charge is -2.27. The summed E-state index contributed by atoms with van der Waals surface area (Å²) in [5, 5.41) is 0. The van der Waals surface area contributed by atoms with Gasteiger partial charge in [0.1, 0.15) is 8.64 Å². The second-order valence-corrected chi connectivity index (χ2v) is 8.96. The summed E-state index contributed by atoms with van der Waals surface area (Å²) in [6, 6.07) is 0. The van der Waals surface area contributed by atoms with E-state index in [1.807, 2.05) is 0 Å². The molecule has 0 aliphatic carbocycles. The molecule has 0 unspecified atom stereocenters. The Bertz CT molecular complexity index is 276. The fourth-order valence-electron chi connectivity index (χ4n) is 1.72. The minimum Gasteiger partial charge on any atom is -0.357 e. The lowest BCUT2D eigenvalue weighted by atomic mass is 10.2. The molecule has 0 radical (unpaired) electrons. The summed E-state index contributed by atoms with van der Waals surface area (Å²) < 4.78 is 1.88. The van der Waals surface area contributed by atoms with Gasteiger partial charge in [-0.25, -0.2) is 0 Å². The van der Waals surface area contributed by atoms with E-state index in [1.165, 1.54) is 0 Å². The zero-order valence-corrected chi connectivity index (χ0v) is 16.8. The summed E-state index contributed by atoms with van der Waals surface area (Å²) in [6.45, 7) is 17.1. The van der Waals surface area contributed by atoms with Crippen molar-refractivity contribution in [3.8, 4) is 0 Å². The highest BCUT2D eigenvalue weighted by Crippen LogP contribution is 2.29. The Balaban J connectivity index is 4.30. The van der Waals surface area contributed by atoms with Crippen LogP contribution < -0.4 is 0 Å². The third kappa shape index (κ3) is 8.70. The molecule has 0 saturated heterocycles. The fourth-order valence-corrected chi connectivity index (χ4v) is 4.56. The van der Waals surface area contributed by atoms with Crippen molar-refractivity contribution in [1.82, 2.24) is 9.80 Å². The quantitative estimate of drug-likeness (QED) is 0.492. The molecule has 20 heavy (non-hydrogen) atoms.